The van der Waals surface area contributed by atoms with Crippen LogP contribution in [0, 0.1) is 5.92 Å². The first kappa shape index (κ1) is 14.9. The minimum atomic E-state index is -0.854. The highest BCUT2D eigenvalue weighted by Crippen LogP contribution is 2.60. The fourth-order valence-electron chi connectivity index (χ4n) is 5.58. The molecule has 6 nitrogen and oxygen atoms in total. The summed E-state index contributed by atoms with van der Waals surface area (Å²) in [6.07, 6.45) is 3.64. The molecule has 22 heavy (non-hydrogen) atoms. The maximum atomic E-state index is 12.3. The molecule has 2 N–H and O–H groups in total. The van der Waals surface area contributed by atoms with E-state index in [-0.39, 0.29) is 18.4 Å². The Kier molecular flexibility index (Phi) is 3.31. The van der Waals surface area contributed by atoms with E-state index in [1.54, 1.807) is 0 Å². The van der Waals surface area contributed by atoms with E-state index in [9.17, 15) is 15.0 Å². The number of hydrogen-bond acceptors (Lipinski definition) is 6. The van der Waals surface area contributed by atoms with Crippen molar-refractivity contribution in [3.05, 3.63) is 0 Å². The van der Waals surface area contributed by atoms with Gasteiger partial charge in [-0.2, -0.15) is 0 Å². The number of aliphatic hydroxyl groups is 2. The normalized spacial score (nSPS) is 47.6. The average Bonchev–Trinajstić information content (AvgIpc) is 2.34. The van der Waals surface area contributed by atoms with Gasteiger partial charge in [0.25, 0.3) is 0 Å². The lowest BCUT2D eigenvalue weighted by molar-refractivity contribution is -0.261. The fraction of sp³-hybridized carbons (Fsp3) is 0.938. The Balaban J connectivity index is 1.44. The van der Waals surface area contributed by atoms with Crippen LogP contribution >= 0.6 is 0 Å². The summed E-state index contributed by atoms with van der Waals surface area (Å²) in [6.45, 7) is 3.07. The lowest BCUT2D eigenvalue weighted by atomic mass is 9.50. The van der Waals surface area contributed by atoms with Gasteiger partial charge in [-0.05, 0) is 25.2 Å². The molecule has 4 aliphatic carbocycles. The number of ether oxygens (including phenoxy) is 2. The van der Waals surface area contributed by atoms with E-state index < -0.39 is 16.8 Å². The van der Waals surface area contributed by atoms with E-state index in [0.29, 0.717) is 32.5 Å². The molecule has 5 fully saturated rings. The molecule has 0 spiro atoms. The second-order valence-electron chi connectivity index (χ2n) is 8.00. The van der Waals surface area contributed by atoms with Crippen molar-refractivity contribution in [1.29, 1.82) is 0 Å². The summed E-state index contributed by atoms with van der Waals surface area (Å²) >= 11 is 0. The van der Waals surface area contributed by atoms with Crippen LogP contribution in [-0.4, -0.2) is 70.7 Å². The third-order valence-corrected chi connectivity index (χ3v) is 5.75. The molecule has 2 atom stereocenters. The number of rotatable bonds is 3. The van der Waals surface area contributed by atoms with E-state index in [1.165, 1.54) is 0 Å². The zero-order chi connectivity index (χ0) is 15.4. The van der Waals surface area contributed by atoms with E-state index in [0.717, 1.165) is 32.4 Å². The molecular formula is C16H25NO5. The molecule has 0 aromatic rings. The van der Waals surface area contributed by atoms with Gasteiger partial charge in [0.1, 0.15) is 5.60 Å². The third kappa shape index (κ3) is 2.66. The van der Waals surface area contributed by atoms with Crippen LogP contribution in [-0.2, 0) is 14.3 Å². The number of hydrogen-bond donors (Lipinski definition) is 2. The lowest BCUT2D eigenvalue weighted by Gasteiger charge is -2.62. The molecule has 6 heteroatoms. The van der Waals surface area contributed by atoms with Gasteiger partial charge in [0.05, 0.1) is 31.0 Å². The van der Waals surface area contributed by atoms with Crippen LogP contribution < -0.4 is 0 Å². The zero-order valence-corrected chi connectivity index (χ0v) is 12.9. The summed E-state index contributed by atoms with van der Waals surface area (Å²) in [4.78, 5) is 14.4. The quantitative estimate of drug-likeness (QED) is 0.718. The van der Waals surface area contributed by atoms with Crippen LogP contribution in [0.5, 0.6) is 0 Å². The minimum absolute atomic E-state index is 0.240. The SMILES string of the molecule is O=C(CN1CCOCC1)OC12CC3CC(O)(CC(O)(C3)C1)C2. The van der Waals surface area contributed by atoms with Crippen LogP contribution in [0.4, 0.5) is 0 Å². The molecule has 0 aromatic heterocycles. The molecule has 0 aromatic carbocycles. The molecule has 5 aliphatic rings. The lowest BCUT2D eigenvalue weighted by Crippen LogP contribution is -2.67. The number of esters is 1. The van der Waals surface area contributed by atoms with E-state index in [4.69, 9.17) is 9.47 Å². The Labute approximate surface area is 130 Å². The summed E-state index contributed by atoms with van der Waals surface area (Å²) < 4.78 is 11.1. The van der Waals surface area contributed by atoms with Gasteiger partial charge in [-0.15, -0.1) is 0 Å². The van der Waals surface area contributed by atoms with Crippen molar-refractivity contribution in [2.45, 2.75) is 55.3 Å². The first-order chi connectivity index (χ1) is 10.4. The number of nitrogens with zero attached hydrogens (tertiary/aromatic N) is 1. The molecule has 5 rings (SSSR count). The first-order valence-electron chi connectivity index (χ1n) is 8.35. The van der Waals surface area contributed by atoms with Gasteiger partial charge in [-0.25, -0.2) is 0 Å². The molecule has 0 radical (unpaired) electrons. The Morgan fingerprint density at radius 2 is 1.73 bits per heavy atom. The Bertz CT molecular complexity index is 457. The third-order valence-electron chi connectivity index (χ3n) is 5.75. The predicted molar refractivity (Wildman–Crippen MR) is 77.2 cm³/mol. The van der Waals surface area contributed by atoms with E-state index in [2.05, 4.69) is 0 Å². The van der Waals surface area contributed by atoms with Crippen LogP contribution in [0.1, 0.15) is 38.5 Å². The van der Waals surface area contributed by atoms with Gasteiger partial charge < -0.3 is 19.7 Å². The maximum Gasteiger partial charge on any atom is 0.320 e. The molecule has 1 aliphatic heterocycles. The van der Waals surface area contributed by atoms with Crippen molar-refractivity contribution in [1.82, 2.24) is 4.90 Å². The second-order valence-corrected chi connectivity index (χ2v) is 8.00. The van der Waals surface area contributed by atoms with Crippen LogP contribution in [0.25, 0.3) is 0 Å². The number of morpholine rings is 1. The zero-order valence-electron chi connectivity index (χ0n) is 12.9. The highest BCUT2D eigenvalue weighted by molar-refractivity contribution is 5.72. The van der Waals surface area contributed by atoms with Crippen LogP contribution in [0.15, 0.2) is 0 Å². The van der Waals surface area contributed by atoms with E-state index >= 15 is 0 Å². The molecule has 4 saturated carbocycles. The van der Waals surface area contributed by atoms with Crippen molar-refractivity contribution < 1.29 is 24.5 Å². The van der Waals surface area contributed by atoms with Crippen molar-refractivity contribution in [3.8, 4) is 0 Å². The van der Waals surface area contributed by atoms with Crippen molar-refractivity contribution in [3.63, 3.8) is 0 Å². The largest absolute Gasteiger partial charge is 0.458 e. The van der Waals surface area contributed by atoms with Crippen molar-refractivity contribution >= 4 is 5.97 Å². The molecule has 0 amide bonds. The van der Waals surface area contributed by atoms with Gasteiger partial charge in [-0.3, -0.25) is 9.69 Å². The Morgan fingerprint density at radius 1 is 1.09 bits per heavy atom. The van der Waals surface area contributed by atoms with Crippen molar-refractivity contribution in [2.24, 2.45) is 5.92 Å². The molecule has 4 bridgehead atoms. The Hall–Kier alpha value is -0.690. The molecule has 2 unspecified atom stereocenters. The van der Waals surface area contributed by atoms with Crippen LogP contribution in [0.2, 0.25) is 0 Å². The standard InChI is InChI=1S/C16H25NO5/c18-13(8-17-1-3-21-4-2-17)22-16-7-12-5-14(19,10-16)9-15(20,6-12)11-16/h12,19-20H,1-11H2. The van der Waals surface area contributed by atoms with Gasteiger partial charge in [0, 0.05) is 32.4 Å². The molecule has 124 valence electrons. The minimum Gasteiger partial charge on any atom is -0.458 e. The van der Waals surface area contributed by atoms with Crippen molar-refractivity contribution in [2.75, 3.05) is 32.8 Å². The summed E-state index contributed by atoms with van der Waals surface area (Å²) in [7, 11) is 0. The highest BCUT2D eigenvalue weighted by atomic mass is 16.6. The highest BCUT2D eigenvalue weighted by Gasteiger charge is 2.64. The van der Waals surface area contributed by atoms with Gasteiger partial charge in [-0.1, -0.05) is 0 Å². The summed E-state index contributed by atoms with van der Waals surface area (Å²) in [5, 5.41) is 21.4. The fourth-order valence-corrected chi connectivity index (χ4v) is 5.58. The monoisotopic (exact) mass is 311 g/mol. The van der Waals surface area contributed by atoms with Crippen LogP contribution in [0.3, 0.4) is 0 Å². The van der Waals surface area contributed by atoms with Gasteiger partial charge >= 0.3 is 5.97 Å². The first-order valence-corrected chi connectivity index (χ1v) is 8.35. The summed E-state index contributed by atoms with van der Waals surface area (Å²) in [6, 6.07) is 0. The predicted octanol–water partition coefficient (Wildman–Crippen LogP) is 0.0604. The Morgan fingerprint density at radius 3 is 2.32 bits per heavy atom. The van der Waals surface area contributed by atoms with E-state index in [1.807, 2.05) is 4.90 Å². The van der Waals surface area contributed by atoms with Gasteiger partial charge in [0.15, 0.2) is 0 Å². The number of carbonyl (C=O) groups is 1. The molecular weight excluding hydrogens is 286 g/mol. The summed E-state index contributed by atoms with van der Waals surface area (Å²) in [5.41, 5.74) is -2.37. The number of carbonyl (C=O) groups excluding carboxylic acids is 1. The van der Waals surface area contributed by atoms with Gasteiger partial charge in [0.2, 0.25) is 0 Å². The molecule has 1 heterocycles. The maximum absolute atomic E-state index is 12.3. The summed E-state index contributed by atoms with van der Waals surface area (Å²) in [5.74, 6) is 0.0264. The topological polar surface area (TPSA) is 79.2 Å². The average molecular weight is 311 g/mol. The second kappa shape index (κ2) is 4.90. The smallest absolute Gasteiger partial charge is 0.320 e. The molecule has 1 saturated heterocycles.